The minimum Gasteiger partial charge on any atom is -0.467 e. The minimum atomic E-state index is -0.139. The van der Waals surface area contributed by atoms with Gasteiger partial charge in [-0.05, 0) is 43.2 Å². The number of nitrogens with zero attached hydrogens (tertiary/aromatic N) is 1. The summed E-state index contributed by atoms with van der Waals surface area (Å²) in [5.41, 5.74) is 2.74. The highest BCUT2D eigenvalue weighted by Crippen LogP contribution is 2.24. The lowest BCUT2D eigenvalue weighted by Crippen LogP contribution is -2.11. The summed E-state index contributed by atoms with van der Waals surface area (Å²) in [4.78, 5) is 17.5. The van der Waals surface area contributed by atoms with Crippen molar-refractivity contribution in [2.75, 3.05) is 10.6 Å². The third-order valence-electron chi connectivity index (χ3n) is 3.62. The first-order chi connectivity index (χ1) is 11.7. The molecule has 0 atom stereocenters. The molecule has 0 saturated carbocycles. The summed E-state index contributed by atoms with van der Waals surface area (Å²) < 4.78 is 5.27. The molecule has 124 valence electrons. The zero-order valence-corrected chi connectivity index (χ0v) is 14.4. The van der Waals surface area contributed by atoms with Crippen molar-refractivity contribution in [2.45, 2.75) is 26.8 Å². The first-order valence-electron chi connectivity index (χ1n) is 7.79. The lowest BCUT2D eigenvalue weighted by Gasteiger charge is -2.05. The molecule has 2 N–H and O–H groups in total. The first kappa shape index (κ1) is 16.3. The quantitative estimate of drug-likeness (QED) is 0.694. The van der Waals surface area contributed by atoms with E-state index in [-0.39, 0.29) is 5.91 Å². The second-order valence-corrected chi connectivity index (χ2v) is 6.37. The van der Waals surface area contributed by atoms with E-state index in [2.05, 4.69) is 22.5 Å². The van der Waals surface area contributed by atoms with Crippen molar-refractivity contribution in [1.82, 2.24) is 4.98 Å². The fraction of sp³-hybridized carbons (Fsp3) is 0.222. The highest BCUT2D eigenvalue weighted by atomic mass is 32.1. The summed E-state index contributed by atoms with van der Waals surface area (Å²) in [6, 6.07) is 11.6. The number of furan rings is 1. The Bertz CT molecular complexity index is 807. The average Bonchev–Trinajstić information content (AvgIpc) is 3.23. The van der Waals surface area contributed by atoms with Gasteiger partial charge in [-0.1, -0.05) is 30.4 Å². The van der Waals surface area contributed by atoms with Crippen LogP contribution in [0.25, 0.3) is 0 Å². The number of carbonyl (C=O) groups excluding carboxylic acids is 1. The van der Waals surface area contributed by atoms with E-state index >= 15 is 0 Å². The fourth-order valence-corrected chi connectivity index (χ4v) is 3.13. The summed E-state index contributed by atoms with van der Waals surface area (Å²) >= 11 is 1.34. The summed E-state index contributed by atoms with van der Waals surface area (Å²) in [6.07, 6.45) is 2.61. The Morgan fingerprint density at radius 3 is 2.71 bits per heavy atom. The summed E-state index contributed by atoms with van der Waals surface area (Å²) in [5.74, 6) is 0.685. The predicted octanol–water partition coefficient (Wildman–Crippen LogP) is 4.47. The lowest BCUT2D eigenvalue weighted by molar-refractivity contribution is 0.103. The van der Waals surface area contributed by atoms with Gasteiger partial charge in [0.2, 0.25) is 0 Å². The topological polar surface area (TPSA) is 67.2 Å². The molecule has 3 aromatic rings. The smallest absolute Gasteiger partial charge is 0.267 e. The number of hydrogen-bond donors (Lipinski definition) is 2. The maximum absolute atomic E-state index is 12.4. The number of aryl methyl sites for hydroxylation is 2. The van der Waals surface area contributed by atoms with Gasteiger partial charge in [-0.25, -0.2) is 4.98 Å². The predicted molar refractivity (Wildman–Crippen MR) is 96.7 cm³/mol. The van der Waals surface area contributed by atoms with Crippen molar-refractivity contribution >= 4 is 28.1 Å². The van der Waals surface area contributed by atoms with E-state index < -0.39 is 0 Å². The third kappa shape index (κ3) is 3.83. The molecule has 0 bridgehead atoms. The van der Waals surface area contributed by atoms with E-state index in [9.17, 15) is 4.79 Å². The van der Waals surface area contributed by atoms with Crippen LogP contribution in [-0.4, -0.2) is 10.9 Å². The Balaban J connectivity index is 1.65. The number of anilines is 2. The van der Waals surface area contributed by atoms with Crippen molar-refractivity contribution in [3.05, 3.63) is 64.6 Å². The molecule has 0 radical (unpaired) electrons. The molecule has 2 heterocycles. The van der Waals surface area contributed by atoms with Crippen LogP contribution < -0.4 is 10.6 Å². The van der Waals surface area contributed by atoms with Gasteiger partial charge in [-0.2, -0.15) is 0 Å². The Morgan fingerprint density at radius 1 is 1.25 bits per heavy atom. The van der Waals surface area contributed by atoms with Gasteiger partial charge in [0.25, 0.3) is 5.91 Å². The molecular formula is C18H19N3O2S. The Hall–Kier alpha value is -2.60. The molecule has 0 saturated heterocycles. The SMILES string of the molecule is CCc1ccc(NC(=O)c2sc(NCc3ccco3)nc2C)cc1. The van der Waals surface area contributed by atoms with E-state index in [1.165, 1.54) is 16.9 Å². The van der Waals surface area contributed by atoms with Crippen molar-refractivity contribution in [2.24, 2.45) is 0 Å². The number of aromatic nitrogens is 1. The summed E-state index contributed by atoms with van der Waals surface area (Å²) in [7, 11) is 0. The van der Waals surface area contributed by atoms with Gasteiger partial charge in [0.05, 0.1) is 18.5 Å². The van der Waals surface area contributed by atoms with E-state index in [1.807, 2.05) is 43.3 Å². The van der Waals surface area contributed by atoms with E-state index in [0.29, 0.717) is 22.2 Å². The van der Waals surface area contributed by atoms with Crippen LogP contribution in [0.3, 0.4) is 0 Å². The Kier molecular flexibility index (Phi) is 4.96. The third-order valence-corrected chi connectivity index (χ3v) is 4.73. The molecule has 3 rings (SSSR count). The van der Waals surface area contributed by atoms with Crippen LogP contribution in [0.15, 0.2) is 47.1 Å². The number of hydrogen-bond acceptors (Lipinski definition) is 5. The molecule has 0 aliphatic heterocycles. The number of rotatable bonds is 6. The molecule has 1 aromatic carbocycles. The summed E-state index contributed by atoms with van der Waals surface area (Å²) in [5, 5.41) is 6.80. The van der Waals surface area contributed by atoms with E-state index in [4.69, 9.17) is 4.42 Å². The molecule has 0 fully saturated rings. The van der Waals surface area contributed by atoms with Crippen LogP contribution in [0.4, 0.5) is 10.8 Å². The molecular weight excluding hydrogens is 322 g/mol. The van der Waals surface area contributed by atoms with Crippen LogP contribution >= 0.6 is 11.3 Å². The number of thiazole rings is 1. The fourth-order valence-electron chi connectivity index (χ4n) is 2.27. The highest BCUT2D eigenvalue weighted by Gasteiger charge is 2.15. The first-order valence-corrected chi connectivity index (χ1v) is 8.61. The summed E-state index contributed by atoms with van der Waals surface area (Å²) in [6.45, 7) is 4.48. The van der Waals surface area contributed by atoms with Crippen LogP contribution in [-0.2, 0) is 13.0 Å². The second kappa shape index (κ2) is 7.31. The molecule has 0 aliphatic carbocycles. The van der Waals surface area contributed by atoms with Gasteiger partial charge < -0.3 is 15.1 Å². The molecule has 6 heteroatoms. The highest BCUT2D eigenvalue weighted by molar-refractivity contribution is 7.17. The Labute approximate surface area is 144 Å². The minimum absolute atomic E-state index is 0.139. The van der Waals surface area contributed by atoms with Crippen molar-refractivity contribution < 1.29 is 9.21 Å². The van der Waals surface area contributed by atoms with E-state index in [1.54, 1.807) is 6.26 Å². The normalized spacial score (nSPS) is 10.6. The van der Waals surface area contributed by atoms with E-state index in [0.717, 1.165) is 17.9 Å². The molecule has 0 aliphatic rings. The van der Waals surface area contributed by atoms with Crippen LogP contribution in [0.5, 0.6) is 0 Å². The van der Waals surface area contributed by atoms with Gasteiger partial charge in [-0.15, -0.1) is 0 Å². The maximum Gasteiger partial charge on any atom is 0.267 e. The second-order valence-electron chi connectivity index (χ2n) is 5.37. The molecule has 1 amide bonds. The van der Waals surface area contributed by atoms with Crippen molar-refractivity contribution in [1.29, 1.82) is 0 Å². The molecule has 2 aromatic heterocycles. The van der Waals surface area contributed by atoms with Crippen molar-refractivity contribution in [3.8, 4) is 0 Å². The van der Waals surface area contributed by atoms with Crippen LogP contribution in [0.1, 0.15) is 33.6 Å². The van der Waals surface area contributed by atoms with Crippen LogP contribution in [0, 0.1) is 6.92 Å². The number of carbonyl (C=O) groups is 1. The molecule has 24 heavy (non-hydrogen) atoms. The maximum atomic E-state index is 12.4. The number of nitrogens with one attached hydrogen (secondary N) is 2. The lowest BCUT2D eigenvalue weighted by atomic mass is 10.1. The largest absolute Gasteiger partial charge is 0.467 e. The standard InChI is InChI=1S/C18H19N3O2S/c1-3-13-6-8-14(9-7-13)21-17(22)16-12(2)20-18(24-16)19-11-15-5-4-10-23-15/h4-10H,3,11H2,1-2H3,(H,19,20)(H,21,22). The van der Waals surface area contributed by atoms with Crippen LogP contribution in [0.2, 0.25) is 0 Å². The van der Waals surface area contributed by atoms with Gasteiger partial charge in [0.15, 0.2) is 5.13 Å². The van der Waals surface area contributed by atoms with Gasteiger partial charge >= 0.3 is 0 Å². The monoisotopic (exact) mass is 341 g/mol. The van der Waals surface area contributed by atoms with Gasteiger partial charge in [0, 0.05) is 5.69 Å². The number of benzene rings is 1. The molecule has 0 unspecified atom stereocenters. The number of amides is 1. The average molecular weight is 341 g/mol. The van der Waals surface area contributed by atoms with Gasteiger partial charge in [-0.3, -0.25) is 4.79 Å². The van der Waals surface area contributed by atoms with Crippen molar-refractivity contribution in [3.63, 3.8) is 0 Å². The van der Waals surface area contributed by atoms with Gasteiger partial charge in [0.1, 0.15) is 10.6 Å². The Morgan fingerprint density at radius 2 is 2.04 bits per heavy atom. The molecule has 5 nitrogen and oxygen atoms in total. The zero-order chi connectivity index (χ0) is 16.9. The molecule has 0 spiro atoms. The zero-order valence-electron chi connectivity index (χ0n) is 13.6.